The Morgan fingerprint density at radius 1 is 1.53 bits per heavy atom. The number of carboxylic acids is 1. The topological polar surface area (TPSA) is 55.8 Å². The standard InChI is InChI=1S/C15H20O4/c1-10-6-12(4-5-13(10)18-3)15(2,14(16)17)7-11-8-19-9-11/h4-6,11H,7-9H2,1-3H3,(H,16,17). The summed E-state index contributed by atoms with van der Waals surface area (Å²) in [5, 5.41) is 9.60. The molecule has 1 unspecified atom stereocenters. The van der Waals surface area contributed by atoms with E-state index in [-0.39, 0.29) is 0 Å². The van der Waals surface area contributed by atoms with Gasteiger partial charge in [0.15, 0.2) is 0 Å². The lowest BCUT2D eigenvalue weighted by atomic mass is 9.74. The van der Waals surface area contributed by atoms with E-state index in [0.717, 1.165) is 16.9 Å². The van der Waals surface area contributed by atoms with Crippen LogP contribution in [0.15, 0.2) is 18.2 Å². The van der Waals surface area contributed by atoms with Crippen LogP contribution in [0.2, 0.25) is 0 Å². The van der Waals surface area contributed by atoms with Crippen LogP contribution >= 0.6 is 0 Å². The second-order valence-corrected chi connectivity index (χ2v) is 5.43. The van der Waals surface area contributed by atoms with Crippen molar-refractivity contribution in [3.8, 4) is 5.75 Å². The molecule has 4 nitrogen and oxygen atoms in total. The van der Waals surface area contributed by atoms with Gasteiger partial charge in [-0.2, -0.15) is 0 Å². The summed E-state index contributed by atoms with van der Waals surface area (Å²) in [4.78, 5) is 11.7. The van der Waals surface area contributed by atoms with Crippen molar-refractivity contribution >= 4 is 5.97 Å². The Morgan fingerprint density at radius 3 is 2.63 bits per heavy atom. The minimum absolute atomic E-state index is 0.337. The van der Waals surface area contributed by atoms with Crippen LogP contribution in [0.25, 0.3) is 0 Å². The molecule has 0 amide bonds. The van der Waals surface area contributed by atoms with Crippen LogP contribution in [0.4, 0.5) is 0 Å². The first-order valence-corrected chi connectivity index (χ1v) is 6.43. The third kappa shape index (κ3) is 2.59. The van der Waals surface area contributed by atoms with Crippen molar-refractivity contribution in [2.45, 2.75) is 25.7 Å². The molecule has 1 aliphatic heterocycles. The van der Waals surface area contributed by atoms with Crippen LogP contribution in [0.1, 0.15) is 24.5 Å². The van der Waals surface area contributed by atoms with Gasteiger partial charge in [0.05, 0.1) is 25.7 Å². The van der Waals surface area contributed by atoms with Crippen LogP contribution in [-0.2, 0) is 14.9 Å². The zero-order valence-electron chi connectivity index (χ0n) is 11.6. The van der Waals surface area contributed by atoms with Gasteiger partial charge in [0.25, 0.3) is 0 Å². The highest BCUT2D eigenvalue weighted by Gasteiger charge is 2.39. The molecule has 0 aliphatic carbocycles. The molecule has 4 heteroatoms. The van der Waals surface area contributed by atoms with Crippen molar-refractivity contribution in [2.24, 2.45) is 5.92 Å². The van der Waals surface area contributed by atoms with Crippen LogP contribution in [-0.4, -0.2) is 31.4 Å². The first-order chi connectivity index (χ1) is 8.97. The number of aliphatic carboxylic acids is 1. The van der Waals surface area contributed by atoms with E-state index in [1.165, 1.54) is 0 Å². The van der Waals surface area contributed by atoms with E-state index < -0.39 is 11.4 Å². The Labute approximate surface area is 113 Å². The van der Waals surface area contributed by atoms with E-state index >= 15 is 0 Å². The summed E-state index contributed by atoms with van der Waals surface area (Å²) in [5.74, 6) is 0.330. The maximum Gasteiger partial charge on any atom is 0.313 e. The molecule has 0 bridgehead atoms. The highest BCUT2D eigenvalue weighted by atomic mass is 16.5. The van der Waals surface area contributed by atoms with E-state index in [0.29, 0.717) is 25.6 Å². The van der Waals surface area contributed by atoms with Gasteiger partial charge in [-0.15, -0.1) is 0 Å². The average molecular weight is 264 g/mol. The van der Waals surface area contributed by atoms with Crippen molar-refractivity contribution < 1.29 is 19.4 Å². The predicted molar refractivity (Wildman–Crippen MR) is 71.6 cm³/mol. The fourth-order valence-electron chi connectivity index (χ4n) is 2.53. The molecule has 1 heterocycles. The van der Waals surface area contributed by atoms with E-state index in [4.69, 9.17) is 9.47 Å². The quantitative estimate of drug-likeness (QED) is 0.887. The molecule has 2 rings (SSSR count). The fourth-order valence-corrected chi connectivity index (χ4v) is 2.53. The summed E-state index contributed by atoms with van der Waals surface area (Å²) >= 11 is 0. The molecule has 0 spiro atoms. The molecule has 1 atom stereocenters. The molecule has 1 aliphatic rings. The van der Waals surface area contributed by atoms with Crippen molar-refractivity contribution in [1.82, 2.24) is 0 Å². The lowest BCUT2D eigenvalue weighted by molar-refractivity contribution is -0.145. The van der Waals surface area contributed by atoms with Gasteiger partial charge >= 0.3 is 5.97 Å². The highest BCUT2D eigenvalue weighted by Crippen LogP contribution is 2.35. The molecule has 1 N–H and O–H groups in total. The second kappa shape index (κ2) is 5.21. The minimum atomic E-state index is -0.870. The zero-order chi connectivity index (χ0) is 14.0. The molecule has 0 radical (unpaired) electrons. The lowest BCUT2D eigenvalue weighted by Crippen LogP contribution is -2.40. The zero-order valence-corrected chi connectivity index (χ0v) is 11.6. The third-order valence-corrected chi connectivity index (χ3v) is 3.91. The van der Waals surface area contributed by atoms with E-state index in [9.17, 15) is 9.90 Å². The Bertz CT molecular complexity index is 479. The summed E-state index contributed by atoms with van der Waals surface area (Å²) in [6.07, 6.45) is 0.605. The maximum absolute atomic E-state index is 11.7. The van der Waals surface area contributed by atoms with Gasteiger partial charge in [-0.05, 0) is 37.5 Å². The predicted octanol–water partition coefficient (Wildman–Crippen LogP) is 2.38. The number of rotatable bonds is 5. The monoisotopic (exact) mass is 264 g/mol. The highest BCUT2D eigenvalue weighted by molar-refractivity contribution is 5.81. The third-order valence-electron chi connectivity index (χ3n) is 3.91. The van der Waals surface area contributed by atoms with E-state index in [1.807, 2.05) is 25.1 Å². The Kier molecular flexibility index (Phi) is 3.80. The smallest absolute Gasteiger partial charge is 0.313 e. The van der Waals surface area contributed by atoms with Crippen LogP contribution in [0.5, 0.6) is 5.75 Å². The molecular formula is C15H20O4. The fraction of sp³-hybridized carbons (Fsp3) is 0.533. The average Bonchev–Trinajstić information content (AvgIpc) is 2.33. The molecule has 1 aromatic carbocycles. The van der Waals surface area contributed by atoms with Crippen molar-refractivity contribution in [3.63, 3.8) is 0 Å². The Balaban J connectivity index is 2.32. The van der Waals surface area contributed by atoms with Crippen LogP contribution in [0, 0.1) is 12.8 Å². The van der Waals surface area contributed by atoms with Crippen molar-refractivity contribution in [3.05, 3.63) is 29.3 Å². The maximum atomic E-state index is 11.7. The molecule has 19 heavy (non-hydrogen) atoms. The second-order valence-electron chi connectivity index (χ2n) is 5.43. The molecule has 0 saturated carbocycles. The van der Waals surface area contributed by atoms with E-state index in [2.05, 4.69) is 0 Å². The minimum Gasteiger partial charge on any atom is -0.496 e. The summed E-state index contributed by atoms with van der Waals surface area (Å²) in [6, 6.07) is 5.59. The number of aryl methyl sites for hydroxylation is 1. The van der Waals surface area contributed by atoms with Crippen LogP contribution < -0.4 is 4.74 Å². The number of benzene rings is 1. The summed E-state index contributed by atoms with van der Waals surface area (Å²) in [5.41, 5.74) is 0.911. The normalized spacial score (nSPS) is 18.5. The summed E-state index contributed by atoms with van der Waals surface area (Å²) < 4.78 is 10.4. The Morgan fingerprint density at radius 2 is 2.21 bits per heavy atom. The molecule has 104 valence electrons. The SMILES string of the molecule is COc1ccc(C(C)(CC2COC2)C(=O)O)cc1C. The summed E-state index contributed by atoms with van der Waals surface area (Å²) in [6.45, 7) is 5.04. The molecule has 1 saturated heterocycles. The van der Waals surface area contributed by atoms with E-state index in [1.54, 1.807) is 14.0 Å². The van der Waals surface area contributed by atoms with Gasteiger partial charge < -0.3 is 14.6 Å². The van der Waals surface area contributed by atoms with Crippen molar-refractivity contribution in [2.75, 3.05) is 20.3 Å². The number of carboxylic acid groups (broad SMARTS) is 1. The van der Waals surface area contributed by atoms with Gasteiger partial charge in [-0.3, -0.25) is 4.79 Å². The Hall–Kier alpha value is -1.55. The lowest BCUT2D eigenvalue weighted by Gasteiger charge is -2.34. The molecular weight excluding hydrogens is 244 g/mol. The molecule has 1 fully saturated rings. The first kappa shape index (κ1) is 13.9. The van der Waals surface area contributed by atoms with Crippen LogP contribution in [0.3, 0.4) is 0 Å². The number of hydrogen-bond acceptors (Lipinski definition) is 3. The largest absolute Gasteiger partial charge is 0.496 e. The first-order valence-electron chi connectivity index (χ1n) is 6.43. The van der Waals surface area contributed by atoms with Gasteiger partial charge in [-0.1, -0.05) is 12.1 Å². The summed E-state index contributed by atoms with van der Waals surface area (Å²) in [7, 11) is 1.62. The number of ether oxygens (including phenoxy) is 2. The van der Waals surface area contributed by atoms with Gasteiger partial charge in [0.1, 0.15) is 5.75 Å². The number of methoxy groups -OCH3 is 1. The molecule has 1 aromatic rings. The number of carbonyl (C=O) groups is 1. The van der Waals surface area contributed by atoms with Gasteiger partial charge in [-0.25, -0.2) is 0 Å². The molecule has 0 aromatic heterocycles. The van der Waals surface area contributed by atoms with Crippen molar-refractivity contribution in [1.29, 1.82) is 0 Å². The van der Waals surface area contributed by atoms with Gasteiger partial charge in [0, 0.05) is 5.92 Å². The number of hydrogen-bond donors (Lipinski definition) is 1. The van der Waals surface area contributed by atoms with Gasteiger partial charge in [0.2, 0.25) is 0 Å².